The minimum Gasteiger partial charge on any atom is -0.444 e. The van der Waals surface area contributed by atoms with Crippen LogP contribution in [-0.2, 0) is 33.7 Å². The molecule has 5 aromatic carbocycles. The SMILES string of the molecule is CC(C)(C)OC(=O)NC(Cc1cccc2ccccc12)C(=O)NC(Cc1cccc2ccccc12)C(=O)NCc1ccc2c(N)nccc2c1. The monoisotopic (exact) mass is 667 g/mol. The van der Waals surface area contributed by atoms with Crippen molar-refractivity contribution in [1.82, 2.24) is 20.9 Å². The number of anilines is 1. The first-order valence-electron chi connectivity index (χ1n) is 16.7. The maximum atomic E-state index is 14.2. The molecule has 0 bridgehead atoms. The first-order valence-corrected chi connectivity index (χ1v) is 16.7. The molecule has 6 aromatic rings. The largest absolute Gasteiger partial charge is 0.444 e. The number of hydrogen-bond acceptors (Lipinski definition) is 6. The Bertz CT molecular complexity index is 2180. The van der Waals surface area contributed by atoms with Gasteiger partial charge in [0.05, 0.1) is 0 Å². The Kier molecular flexibility index (Phi) is 9.94. The Morgan fingerprint density at radius 2 is 1.26 bits per heavy atom. The van der Waals surface area contributed by atoms with E-state index >= 15 is 0 Å². The molecule has 6 rings (SSSR count). The summed E-state index contributed by atoms with van der Waals surface area (Å²) in [5.41, 5.74) is 7.91. The van der Waals surface area contributed by atoms with Crippen molar-refractivity contribution in [2.45, 2.75) is 57.8 Å². The first kappa shape index (κ1) is 33.9. The lowest BCUT2D eigenvalue weighted by atomic mass is 9.96. The van der Waals surface area contributed by atoms with Gasteiger partial charge in [-0.25, -0.2) is 9.78 Å². The zero-order valence-electron chi connectivity index (χ0n) is 28.4. The van der Waals surface area contributed by atoms with E-state index < -0.39 is 29.7 Å². The molecule has 9 heteroatoms. The van der Waals surface area contributed by atoms with Gasteiger partial charge in [0, 0.05) is 31.0 Å². The lowest BCUT2D eigenvalue weighted by molar-refractivity contribution is -0.130. The van der Waals surface area contributed by atoms with Gasteiger partial charge in [-0.15, -0.1) is 0 Å². The van der Waals surface area contributed by atoms with Crippen LogP contribution in [-0.4, -0.2) is 40.6 Å². The molecule has 0 aliphatic heterocycles. The molecule has 5 N–H and O–H groups in total. The van der Waals surface area contributed by atoms with Gasteiger partial charge in [-0.1, -0.05) is 97.1 Å². The molecule has 0 aliphatic carbocycles. The highest BCUT2D eigenvalue weighted by Crippen LogP contribution is 2.23. The van der Waals surface area contributed by atoms with E-state index in [1.807, 2.05) is 109 Å². The lowest BCUT2D eigenvalue weighted by Gasteiger charge is -2.26. The highest BCUT2D eigenvalue weighted by atomic mass is 16.6. The number of carbonyl (C=O) groups is 3. The van der Waals surface area contributed by atoms with Crippen LogP contribution < -0.4 is 21.7 Å². The van der Waals surface area contributed by atoms with Gasteiger partial charge < -0.3 is 26.4 Å². The van der Waals surface area contributed by atoms with Crippen LogP contribution in [0.2, 0.25) is 0 Å². The maximum Gasteiger partial charge on any atom is 0.408 e. The van der Waals surface area contributed by atoms with E-state index in [9.17, 15) is 14.4 Å². The van der Waals surface area contributed by atoms with Gasteiger partial charge in [0.25, 0.3) is 0 Å². The number of rotatable bonds is 10. The van der Waals surface area contributed by atoms with Crippen molar-refractivity contribution >= 4 is 56.0 Å². The molecule has 1 heterocycles. The van der Waals surface area contributed by atoms with Crippen molar-refractivity contribution < 1.29 is 19.1 Å². The Labute approximate surface area is 291 Å². The molecule has 0 spiro atoms. The molecule has 0 saturated heterocycles. The molecular formula is C41H41N5O4. The summed E-state index contributed by atoms with van der Waals surface area (Å²) >= 11 is 0. The van der Waals surface area contributed by atoms with E-state index in [0.29, 0.717) is 5.82 Å². The summed E-state index contributed by atoms with van der Waals surface area (Å²) < 4.78 is 5.54. The van der Waals surface area contributed by atoms with E-state index in [-0.39, 0.29) is 25.3 Å². The molecule has 50 heavy (non-hydrogen) atoms. The predicted octanol–water partition coefficient (Wildman–Crippen LogP) is 6.60. The quantitative estimate of drug-likeness (QED) is 0.130. The summed E-state index contributed by atoms with van der Waals surface area (Å²) in [4.78, 5) is 45.4. The van der Waals surface area contributed by atoms with E-state index in [1.54, 1.807) is 27.0 Å². The van der Waals surface area contributed by atoms with Crippen LogP contribution in [0.1, 0.15) is 37.5 Å². The summed E-state index contributed by atoms with van der Waals surface area (Å²) in [6, 6.07) is 33.2. The number of nitrogens with two attached hydrogens (primary N) is 1. The Morgan fingerprint density at radius 1 is 0.680 bits per heavy atom. The van der Waals surface area contributed by atoms with Crippen LogP contribution >= 0.6 is 0 Å². The summed E-state index contributed by atoms with van der Waals surface area (Å²) in [7, 11) is 0. The molecule has 2 unspecified atom stereocenters. The molecule has 0 aliphatic rings. The van der Waals surface area contributed by atoms with Crippen molar-refractivity contribution in [2.75, 3.05) is 5.73 Å². The molecule has 9 nitrogen and oxygen atoms in total. The number of nitrogen functional groups attached to an aromatic ring is 1. The third kappa shape index (κ3) is 8.18. The number of pyridine rings is 1. The van der Waals surface area contributed by atoms with Crippen molar-refractivity contribution in [1.29, 1.82) is 0 Å². The normalized spacial score (nSPS) is 12.7. The van der Waals surface area contributed by atoms with Crippen LogP contribution in [0.5, 0.6) is 0 Å². The number of nitrogens with one attached hydrogen (secondary N) is 3. The summed E-state index contributed by atoms with van der Waals surface area (Å²) in [6.07, 6.45) is 1.34. The Morgan fingerprint density at radius 3 is 1.88 bits per heavy atom. The van der Waals surface area contributed by atoms with E-state index in [0.717, 1.165) is 49.0 Å². The topological polar surface area (TPSA) is 135 Å². The zero-order valence-corrected chi connectivity index (χ0v) is 28.4. The molecule has 254 valence electrons. The standard InChI is InChI=1S/C41H41N5O4/c1-41(2,3)50-40(49)46-36(24-30-15-9-13-28-11-5-7-17-33(28)30)39(48)45-35(23-29-14-8-12-27-10-4-6-16-32(27)29)38(47)44-25-26-18-19-34-31(22-26)20-21-43-37(34)42/h4-22,35-36H,23-25H2,1-3H3,(H2,42,43)(H,44,47)(H,45,48)(H,46,49). The summed E-state index contributed by atoms with van der Waals surface area (Å²) in [5, 5.41) is 14.5. The van der Waals surface area contributed by atoms with Crippen LogP contribution in [0, 0.1) is 0 Å². The van der Waals surface area contributed by atoms with Gasteiger partial charge in [0.1, 0.15) is 23.5 Å². The highest BCUT2D eigenvalue weighted by molar-refractivity contribution is 5.94. The minimum atomic E-state index is -1.03. The van der Waals surface area contributed by atoms with Crippen molar-refractivity contribution in [3.05, 3.63) is 132 Å². The second-order valence-electron chi connectivity index (χ2n) is 13.4. The third-order valence-corrected chi connectivity index (χ3v) is 8.57. The number of hydrogen-bond donors (Lipinski definition) is 4. The Hall–Kier alpha value is -5.96. The van der Waals surface area contributed by atoms with Gasteiger partial charge in [-0.2, -0.15) is 0 Å². The van der Waals surface area contributed by atoms with Gasteiger partial charge in [0.2, 0.25) is 11.8 Å². The first-order chi connectivity index (χ1) is 24.0. The fourth-order valence-corrected chi connectivity index (χ4v) is 6.19. The van der Waals surface area contributed by atoms with E-state index in [2.05, 4.69) is 20.9 Å². The van der Waals surface area contributed by atoms with E-state index in [4.69, 9.17) is 10.5 Å². The van der Waals surface area contributed by atoms with Gasteiger partial charge in [-0.05, 0) is 76.5 Å². The van der Waals surface area contributed by atoms with Gasteiger partial charge >= 0.3 is 6.09 Å². The number of alkyl carbamates (subject to hydrolysis) is 1. The van der Waals surface area contributed by atoms with Crippen molar-refractivity contribution in [2.24, 2.45) is 0 Å². The number of aromatic nitrogens is 1. The average molecular weight is 668 g/mol. The molecule has 3 amide bonds. The summed E-state index contributed by atoms with van der Waals surface area (Å²) in [5.74, 6) is -0.423. The fourth-order valence-electron chi connectivity index (χ4n) is 6.19. The average Bonchev–Trinajstić information content (AvgIpc) is 3.09. The molecule has 2 atom stereocenters. The second-order valence-corrected chi connectivity index (χ2v) is 13.4. The predicted molar refractivity (Wildman–Crippen MR) is 198 cm³/mol. The van der Waals surface area contributed by atoms with Crippen molar-refractivity contribution in [3.8, 4) is 0 Å². The molecule has 0 fully saturated rings. The fraction of sp³-hybridized carbons (Fsp3) is 0.220. The number of amides is 3. The number of benzene rings is 5. The van der Waals surface area contributed by atoms with Crippen LogP contribution in [0.15, 0.2) is 115 Å². The van der Waals surface area contributed by atoms with Gasteiger partial charge in [0.15, 0.2) is 0 Å². The molecule has 0 saturated carbocycles. The minimum absolute atomic E-state index is 0.185. The van der Waals surface area contributed by atoms with Crippen LogP contribution in [0.3, 0.4) is 0 Å². The molecule has 1 aromatic heterocycles. The maximum absolute atomic E-state index is 14.2. The summed E-state index contributed by atoms with van der Waals surface area (Å²) in [6.45, 7) is 5.52. The molecular weight excluding hydrogens is 626 g/mol. The lowest BCUT2D eigenvalue weighted by Crippen LogP contribution is -2.55. The second kappa shape index (κ2) is 14.7. The number of ether oxygens (including phenoxy) is 1. The number of carbonyl (C=O) groups excluding carboxylic acids is 3. The zero-order chi connectivity index (χ0) is 35.3. The highest BCUT2D eigenvalue weighted by Gasteiger charge is 2.29. The van der Waals surface area contributed by atoms with Gasteiger partial charge in [-0.3, -0.25) is 9.59 Å². The molecule has 0 radical (unpaired) electrons. The third-order valence-electron chi connectivity index (χ3n) is 8.57. The van der Waals surface area contributed by atoms with Crippen LogP contribution in [0.25, 0.3) is 32.3 Å². The Balaban J connectivity index is 1.29. The van der Waals surface area contributed by atoms with Crippen LogP contribution in [0.4, 0.5) is 10.6 Å². The van der Waals surface area contributed by atoms with E-state index in [1.165, 1.54) is 0 Å². The smallest absolute Gasteiger partial charge is 0.408 e. The van der Waals surface area contributed by atoms with Crippen molar-refractivity contribution in [3.63, 3.8) is 0 Å². The number of fused-ring (bicyclic) bond motifs is 3. The number of nitrogens with zero attached hydrogens (tertiary/aromatic N) is 1.